The van der Waals surface area contributed by atoms with E-state index in [1.807, 2.05) is 55.5 Å². The van der Waals surface area contributed by atoms with Gasteiger partial charge in [-0.15, -0.1) is 0 Å². The Balaban J connectivity index is 1.67. The Kier molecular flexibility index (Phi) is 6.11. The third kappa shape index (κ3) is 4.79. The highest BCUT2D eigenvalue weighted by molar-refractivity contribution is 6.03. The number of carbonyl (C=O) groups excluding carboxylic acids is 1. The second kappa shape index (κ2) is 8.90. The SMILES string of the molecule is COc1ccc(CNc2ccnc(C(=O)Nc3cccc(C)c3)c2)cc1OC. The summed E-state index contributed by atoms with van der Waals surface area (Å²) in [5, 5.41) is 6.17. The van der Waals surface area contributed by atoms with Crippen LogP contribution in [-0.4, -0.2) is 25.1 Å². The highest BCUT2D eigenvalue weighted by atomic mass is 16.5. The van der Waals surface area contributed by atoms with Crippen molar-refractivity contribution in [3.8, 4) is 11.5 Å². The number of hydrogen-bond acceptors (Lipinski definition) is 5. The number of methoxy groups -OCH3 is 2. The molecule has 0 saturated carbocycles. The zero-order valence-electron chi connectivity index (χ0n) is 16.2. The zero-order chi connectivity index (χ0) is 19.9. The van der Waals surface area contributed by atoms with Crippen molar-refractivity contribution in [2.24, 2.45) is 0 Å². The Labute approximate surface area is 164 Å². The van der Waals surface area contributed by atoms with Crippen LogP contribution in [0.15, 0.2) is 60.8 Å². The van der Waals surface area contributed by atoms with Crippen molar-refractivity contribution in [2.45, 2.75) is 13.5 Å². The van der Waals surface area contributed by atoms with Crippen LogP contribution in [-0.2, 0) is 6.54 Å². The zero-order valence-corrected chi connectivity index (χ0v) is 16.2. The third-order valence-corrected chi connectivity index (χ3v) is 4.21. The van der Waals surface area contributed by atoms with Gasteiger partial charge in [0.05, 0.1) is 14.2 Å². The first-order valence-corrected chi connectivity index (χ1v) is 8.88. The molecule has 3 aromatic rings. The summed E-state index contributed by atoms with van der Waals surface area (Å²) in [5.74, 6) is 1.11. The van der Waals surface area contributed by atoms with Crippen LogP contribution in [0.5, 0.6) is 11.5 Å². The summed E-state index contributed by atoms with van der Waals surface area (Å²) < 4.78 is 10.6. The summed E-state index contributed by atoms with van der Waals surface area (Å²) >= 11 is 0. The molecule has 0 fully saturated rings. The average molecular weight is 377 g/mol. The predicted molar refractivity (Wildman–Crippen MR) is 110 cm³/mol. The molecule has 0 saturated heterocycles. The van der Waals surface area contributed by atoms with Gasteiger partial charge in [0.1, 0.15) is 5.69 Å². The molecule has 2 N–H and O–H groups in total. The molecule has 1 amide bonds. The monoisotopic (exact) mass is 377 g/mol. The number of rotatable bonds is 7. The number of nitrogens with one attached hydrogen (secondary N) is 2. The number of amides is 1. The lowest BCUT2D eigenvalue weighted by molar-refractivity contribution is 0.102. The van der Waals surface area contributed by atoms with Gasteiger partial charge in [-0.05, 0) is 54.4 Å². The minimum atomic E-state index is -0.250. The highest BCUT2D eigenvalue weighted by Gasteiger charge is 2.09. The van der Waals surface area contributed by atoms with Crippen LogP contribution in [0.2, 0.25) is 0 Å². The highest BCUT2D eigenvalue weighted by Crippen LogP contribution is 2.27. The average Bonchev–Trinajstić information content (AvgIpc) is 2.72. The fraction of sp³-hybridized carbons (Fsp3) is 0.182. The minimum absolute atomic E-state index is 0.250. The summed E-state index contributed by atoms with van der Waals surface area (Å²) in [6, 6.07) is 16.9. The maximum Gasteiger partial charge on any atom is 0.274 e. The van der Waals surface area contributed by atoms with Gasteiger partial charge in [-0.1, -0.05) is 18.2 Å². The Hall–Kier alpha value is -3.54. The second-order valence-electron chi connectivity index (χ2n) is 6.30. The van der Waals surface area contributed by atoms with E-state index in [1.54, 1.807) is 26.5 Å². The Morgan fingerprint density at radius 2 is 1.79 bits per heavy atom. The molecule has 0 atom stereocenters. The fourth-order valence-corrected chi connectivity index (χ4v) is 2.78. The van der Waals surface area contributed by atoms with Gasteiger partial charge in [0.25, 0.3) is 5.91 Å². The fourth-order valence-electron chi connectivity index (χ4n) is 2.78. The number of carbonyl (C=O) groups is 1. The third-order valence-electron chi connectivity index (χ3n) is 4.21. The van der Waals surface area contributed by atoms with Crippen LogP contribution >= 0.6 is 0 Å². The van der Waals surface area contributed by atoms with Gasteiger partial charge in [-0.3, -0.25) is 9.78 Å². The molecular weight excluding hydrogens is 354 g/mol. The van der Waals surface area contributed by atoms with Crippen molar-refractivity contribution in [1.29, 1.82) is 0 Å². The molecule has 0 unspecified atom stereocenters. The molecule has 144 valence electrons. The molecule has 0 aliphatic rings. The van der Waals surface area contributed by atoms with Gasteiger partial charge in [0.2, 0.25) is 0 Å². The Morgan fingerprint density at radius 3 is 2.54 bits per heavy atom. The predicted octanol–water partition coefficient (Wildman–Crippen LogP) is 4.27. The number of anilines is 2. The summed E-state index contributed by atoms with van der Waals surface area (Å²) in [6.45, 7) is 2.55. The molecular formula is C22H23N3O3. The molecule has 0 spiro atoms. The van der Waals surface area contributed by atoms with E-state index in [4.69, 9.17) is 9.47 Å². The van der Waals surface area contributed by atoms with Gasteiger partial charge in [-0.2, -0.15) is 0 Å². The number of aryl methyl sites for hydroxylation is 1. The van der Waals surface area contributed by atoms with E-state index in [9.17, 15) is 4.79 Å². The number of aromatic nitrogens is 1. The van der Waals surface area contributed by atoms with Gasteiger partial charge < -0.3 is 20.1 Å². The first-order chi connectivity index (χ1) is 13.6. The number of pyridine rings is 1. The maximum absolute atomic E-state index is 12.5. The first kappa shape index (κ1) is 19.2. The Bertz CT molecular complexity index is 973. The summed E-state index contributed by atoms with van der Waals surface area (Å²) in [4.78, 5) is 16.6. The van der Waals surface area contributed by atoms with E-state index in [0.717, 1.165) is 22.5 Å². The van der Waals surface area contributed by atoms with Crippen molar-refractivity contribution in [1.82, 2.24) is 4.98 Å². The lowest BCUT2D eigenvalue weighted by atomic mass is 10.2. The molecule has 3 rings (SSSR count). The van der Waals surface area contributed by atoms with Crippen molar-refractivity contribution in [2.75, 3.05) is 24.9 Å². The van der Waals surface area contributed by atoms with E-state index in [-0.39, 0.29) is 5.91 Å². The molecule has 1 heterocycles. The van der Waals surface area contributed by atoms with Crippen molar-refractivity contribution < 1.29 is 14.3 Å². The molecule has 0 aliphatic heterocycles. The number of ether oxygens (including phenoxy) is 2. The molecule has 6 nitrogen and oxygen atoms in total. The van der Waals surface area contributed by atoms with E-state index in [0.29, 0.717) is 23.7 Å². The quantitative estimate of drug-likeness (QED) is 0.643. The van der Waals surface area contributed by atoms with Gasteiger partial charge >= 0.3 is 0 Å². The van der Waals surface area contributed by atoms with Gasteiger partial charge in [-0.25, -0.2) is 0 Å². The molecule has 1 aromatic heterocycles. The van der Waals surface area contributed by atoms with Crippen LogP contribution in [0.25, 0.3) is 0 Å². The Morgan fingerprint density at radius 1 is 0.964 bits per heavy atom. The minimum Gasteiger partial charge on any atom is -0.493 e. The maximum atomic E-state index is 12.5. The van der Waals surface area contributed by atoms with E-state index < -0.39 is 0 Å². The molecule has 0 bridgehead atoms. The van der Waals surface area contributed by atoms with Crippen LogP contribution < -0.4 is 20.1 Å². The van der Waals surface area contributed by atoms with E-state index in [1.165, 1.54) is 0 Å². The summed E-state index contributed by atoms with van der Waals surface area (Å²) in [7, 11) is 3.22. The molecule has 0 radical (unpaired) electrons. The van der Waals surface area contributed by atoms with Crippen LogP contribution in [0.4, 0.5) is 11.4 Å². The van der Waals surface area contributed by atoms with Crippen LogP contribution in [0.3, 0.4) is 0 Å². The van der Waals surface area contributed by atoms with Crippen molar-refractivity contribution in [3.05, 3.63) is 77.6 Å². The standard InChI is InChI=1S/C22H23N3O3/c1-15-5-4-6-18(11-15)25-22(26)19-13-17(9-10-23-19)24-14-16-7-8-20(27-2)21(12-16)28-3/h4-13H,14H2,1-3H3,(H,23,24)(H,25,26). The van der Waals surface area contributed by atoms with Gasteiger partial charge in [0.15, 0.2) is 11.5 Å². The number of hydrogen-bond donors (Lipinski definition) is 2. The van der Waals surface area contributed by atoms with E-state index in [2.05, 4.69) is 15.6 Å². The lowest BCUT2D eigenvalue weighted by Crippen LogP contribution is -2.14. The smallest absolute Gasteiger partial charge is 0.274 e. The van der Waals surface area contributed by atoms with Crippen LogP contribution in [0, 0.1) is 6.92 Å². The summed E-state index contributed by atoms with van der Waals surface area (Å²) in [6.07, 6.45) is 1.61. The molecule has 2 aromatic carbocycles. The van der Waals surface area contributed by atoms with E-state index >= 15 is 0 Å². The largest absolute Gasteiger partial charge is 0.493 e. The summed E-state index contributed by atoms with van der Waals surface area (Å²) in [5.41, 5.74) is 4.00. The van der Waals surface area contributed by atoms with Crippen molar-refractivity contribution in [3.63, 3.8) is 0 Å². The number of benzene rings is 2. The molecule has 0 aliphatic carbocycles. The van der Waals surface area contributed by atoms with Crippen LogP contribution in [0.1, 0.15) is 21.6 Å². The lowest BCUT2D eigenvalue weighted by Gasteiger charge is -2.11. The topological polar surface area (TPSA) is 72.5 Å². The molecule has 28 heavy (non-hydrogen) atoms. The number of nitrogens with zero attached hydrogens (tertiary/aromatic N) is 1. The first-order valence-electron chi connectivity index (χ1n) is 8.88. The van der Waals surface area contributed by atoms with Crippen molar-refractivity contribution >= 4 is 17.3 Å². The second-order valence-corrected chi connectivity index (χ2v) is 6.30. The molecule has 6 heteroatoms. The van der Waals surface area contributed by atoms with Gasteiger partial charge in [0, 0.05) is 24.1 Å². The normalized spacial score (nSPS) is 10.2.